The lowest BCUT2D eigenvalue weighted by atomic mass is 9.90. The van der Waals surface area contributed by atoms with Crippen LogP contribution in [0.4, 0.5) is 0 Å². The van der Waals surface area contributed by atoms with Crippen LogP contribution >= 0.6 is 11.6 Å². The van der Waals surface area contributed by atoms with Gasteiger partial charge in [0.15, 0.2) is 0 Å². The highest BCUT2D eigenvalue weighted by molar-refractivity contribution is 6.30. The number of carbonyl (C=O) groups is 1. The van der Waals surface area contributed by atoms with Crippen LogP contribution in [-0.2, 0) is 11.4 Å². The molecule has 0 bridgehead atoms. The fraction of sp³-hybridized carbons (Fsp3) is 0.391. The summed E-state index contributed by atoms with van der Waals surface area (Å²) in [6, 6.07) is 15.2. The maximum absolute atomic E-state index is 12.5. The highest BCUT2D eigenvalue weighted by Gasteiger charge is 2.64. The topological polar surface area (TPSA) is 50.7 Å². The van der Waals surface area contributed by atoms with Gasteiger partial charge in [-0.15, -0.1) is 0 Å². The number of halogens is 1. The van der Waals surface area contributed by atoms with Gasteiger partial charge < -0.3 is 4.74 Å². The molecule has 2 fully saturated rings. The number of fused-ring (bicyclic) bond motifs is 1. The molecule has 0 saturated heterocycles. The molecular weight excluding hydrogens is 372 g/mol. The van der Waals surface area contributed by atoms with Gasteiger partial charge in [-0.25, -0.2) is 5.43 Å². The number of amides is 1. The number of ether oxygens (including phenoxy) is 1. The number of rotatable bonds is 6. The summed E-state index contributed by atoms with van der Waals surface area (Å²) in [4.78, 5) is 12.5. The van der Waals surface area contributed by atoms with Gasteiger partial charge in [-0.3, -0.25) is 4.79 Å². The van der Waals surface area contributed by atoms with Gasteiger partial charge in [0.2, 0.25) is 5.91 Å². The molecule has 2 saturated carbocycles. The van der Waals surface area contributed by atoms with E-state index in [1.165, 1.54) is 19.3 Å². The Morgan fingerprint density at radius 1 is 1.29 bits per heavy atom. The summed E-state index contributed by atoms with van der Waals surface area (Å²) >= 11 is 5.90. The van der Waals surface area contributed by atoms with Crippen LogP contribution in [0.15, 0.2) is 53.6 Å². The van der Waals surface area contributed by atoms with E-state index in [4.69, 9.17) is 16.3 Å². The predicted molar refractivity (Wildman–Crippen MR) is 112 cm³/mol. The minimum absolute atomic E-state index is 0.0563. The molecule has 2 aromatic carbocycles. The van der Waals surface area contributed by atoms with Crippen LogP contribution in [0.3, 0.4) is 0 Å². The van der Waals surface area contributed by atoms with Crippen LogP contribution in [0.25, 0.3) is 0 Å². The molecule has 0 aliphatic heterocycles. The third-order valence-electron chi connectivity index (χ3n) is 6.18. The van der Waals surface area contributed by atoms with E-state index in [2.05, 4.69) is 17.5 Å². The van der Waals surface area contributed by atoms with Crippen LogP contribution in [0.2, 0.25) is 5.02 Å². The summed E-state index contributed by atoms with van der Waals surface area (Å²) in [6.07, 6.45) is 6.48. The molecule has 146 valence electrons. The van der Waals surface area contributed by atoms with Crippen molar-refractivity contribution in [3.05, 3.63) is 64.7 Å². The van der Waals surface area contributed by atoms with E-state index in [0.29, 0.717) is 17.5 Å². The average Bonchev–Trinajstić information content (AvgIpc) is 3.33. The van der Waals surface area contributed by atoms with Crippen molar-refractivity contribution in [1.29, 1.82) is 0 Å². The monoisotopic (exact) mass is 396 g/mol. The van der Waals surface area contributed by atoms with Crippen molar-refractivity contribution >= 4 is 23.7 Å². The van der Waals surface area contributed by atoms with E-state index < -0.39 is 0 Å². The zero-order chi connectivity index (χ0) is 19.6. The van der Waals surface area contributed by atoms with Gasteiger partial charge in [0.1, 0.15) is 12.4 Å². The van der Waals surface area contributed by atoms with Crippen molar-refractivity contribution < 1.29 is 9.53 Å². The number of hydrogen-bond donors (Lipinski definition) is 1. The van der Waals surface area contributed by atoms with Crippen LogP contribution < -0.4 is 10.2 Å². The molecule has 0 aromatic heterocycles. The van der Waals surface area contributed by atoms with Crippen LogP contribution in [0.1, 0.15) is 43.7 Å². The maximum Gasteiger partial charge on any atom is 0.244 e. The van der Waals surface area contributed by atoms with Gasteiger partial charge in [0.05, 0.1) is 6.21 Å². The Hall–Kier alpha value is -2.33. The molecule has 4 rings (SSSR count). The first-order valence-corrected chi connectivity index (χ1v) is 10.2. The average molecular weight is 397 g/mol. The molecule has 2 aromatic rings. The van der Waals surface area contributed by atoms with Gasteiger partial charge in [0.25, 0.3) is 0 Å². The third kappa shape index (κ3) is 4.07. The van der Waals surface area contributed by atoms with Gasteiger partial charge >= 0.3 is 0 Å². The minimum Gasteiger partial charge on any atom is -0.489 e. The summed E-state index contributed by atoms with van der Waals surface area (Å²) < 4.78 is 5.83. The highest BCUT2D eigenvalue weighted by Crippen LogP contribution is 2.66. The summed E-state index contributed by atoms with van der Waals surface area (Å²) in [6.45, 7) is 2.71. The van der Waals surface area contributed by atoms with Crippen molar-refractivity contribution in [2.75, 3.05) is 0 Å². The first-order chi connectivity index (χ1) is 13.6. The van der Waals surface area contributed by atoms with E-state index in [1.807, 2.05) is 48.5 Å². The molecule has 1 N–H and O–H groups in total. The van der Waals surface area contributed by atoms with Crippen LogP contribution in [0, 0.1) is 17.3 Å². The molecule has 2 aliphatic carbocycles. The SMILES string of the molecule is C[C@]12CCCC[C@H]1[C@H]2C(=O)N/N=C\c1cccc(OCc2ccc(Cl)cc2)c1. The Bertz CT molecular complexity index is 880. The molecule has 4 nitrogen and oxygen atoms in total. The van der Waals surface area contributed by atoms with E-state index in [9.17, 15) is 4.79 Å². The molecule has 0 heterocycles. The van der Waals surface area contributed by atoms with Crippen molar-refractivity contribution in [3.8, 4) is 5.75 Å². The highest BCUT2D eigenvalue weighted by atomic mass is 35.5. The van der Waals surface area contributed by atoms with Crippen LogP contribution in [0.5, 0.6) is 5.75 Å². The standard InChI is InChI=1S/C23H25ClN2O2/c1-23-12-3-2-7-20(23)21(23)22(27)26-25-14-17-5-4-6-19(13-17)28-15-16-8-10-18(24)11-9-16/h4-6,8-11,13-14,20-21H,2-3,7,12,15H2,1H3,(H,26,27)/b25-14-/t20-,21-,23-/m0/s1. The Balaban J connectivity index is 1.30. The summed E-state index contributed by atoms with van der Waals surface area (Å²) in [5.41, 5.74) is 4.87. The zero-order valence-corrected chi connectivity index (χ0v) is 16.8. The van der Waals surface area contributed by atoms with E-state index in [0.717, 1.165) is 23.3 Å². The fourth-order valence-electron chi connectivity index (χ4n) is 4.52. The van der Waals surface area contributed by atoms with E-state index in [1.54, 1.807) is 6.21 Å². The summed E-state index contributed by atoms with van der Waals surface area (Å²) in [5, 5.41) is 4.88. The number of nitrogens with zero attached hydrogens (tertiary/aromatic N) is 1. The number of nitrogens with one attached hydrogen (secondary N) is 1. The second-order valence-electron chi connectivity index (χ2n) is 8.06. The number of benzene rings is 2. The lowest BCUT2D eigenvalue weighted by Gasteiger charge is -2.15. The van der Waals surface area contributed by atoms with Gasteiger partial charge in [-0.1, -0.05) is 55.6 Å². The Morgan fingerprint density at radius 2 is 2.11 bits per heavy atom. The largest absolute Gasteiger partial charge is 0.489 e. The zero-order valence-electron chi connectivity index (χ0n) is 16.0. The quantitative estimate of drug-likeness (QED) is 0.539. The molecular formula is C23H25ClN2O2. The molecule has 1 amide bonds. The summed E-state index contributed by atoms with van der Waals surface area (Å²) in [5.74, 6) is 1.48. The maximum atomic E-state index is 12.5. The van der Waals surface area contributed by atoms with E-state index >= 15 is 0 Å². The first kappa shape index (κ1) is 19.0. The number of hydrogen-bond acceptors (Lipinski definition) is 3. The summed E-state index contributed by atoms with van der Waals surface area (Å²) in [7, 11) is 0. The Labute approximate surface area is 170 Å². The molecule has 0 radical (unpaired) electrons. The lowest BCUT2D eigenvalue weighted by Crippen LogP contribution is -2.22. The Kier molecular flexibility index (Phi) is 5.40. The fourth-order valence-corrected chi connectivity index (χ4v) is 4.65. The Morgan fingerprint density at radius 3 is 2.86 bits per heavy atom. The molecule has 3 atom stereocenters. The second kappa shape index (κ2) is 7.96. The molecule has 2 aliphatic rings. The number of carbonyl (C=O) groups excluding carboxylic acids is 1. The molecule has 5 heteroatoms. The number of hydrazone groups is 1. The first-order valence-electron chi connectivity index (χ1n) is 9.86. The van der Waals surface area contributed by atoms with Crippen molar-refractivity contribution in [2.24, 2.45) is 22.4 Å². The predicted octanol–water partition coefficient (Wildman–Crippen LogP) is 5.20. The molecule has 28 heavy (non-hydrogen) atoms. The lowest BCUT2D eigenvalue weighted by molar-refractivity contribution is -0.123. The van der Waals surface area contributed by atoms with Gasteiger partial charge in [-0.05, 0) is 59.6 Å². The molecule has 0 unspecified atom stereocenters. The smallest absolute Gasteiger partial charge is 0.244 e. The normalized spacial score (nSPS) is 25.9. The van der Waals surface area contributed by atoms with Gasteiger partial charge in [-0.2, -0.15) is 5.10 Å². The van der Waals surface area contributed by atoms with Crippen molar-refractivity contribution in [2.45, 2.75) is 39.2 Å². The second-order valence-corrected chi connectivity index (χ2v) is 8.49. The van der Waals surface area contributed by atoms with Crippen molar-refractivity contribution in [1.82, 2.24) is 5.43 Å². The van der Waals surface area contributed by atoms with Gasteiger partial charge in [0, 0.05) is 10.9 Å². The minimum atomic E-state index is 0.0563. The third-order valence-corrected chi connectivity index (χ3v) is 6.43. The van der Waals surface area contributed by atoms with E-state index in [-0.39, 0.29) is 17.2 Å². The van der Waals surface area contributed by atoms with Crippen LogP contribution in [-0.4, -0.2) is 12.1 Å². The van der Waals surface area contributed by atoms with Crippen molar-refractivity contribution in [3.63, 3.8) is 0 Å². The molecule has 0 spiro atoms.